The fourth-order valence-corrected chi connectivity index (χ4v) is 3.38. The highest BCUT2D eigenvalue weighted by atomic mass is 16.5. The van der Waals surface area contributed by atoms with E-state index in [1.165, 1.54) is 0 Å². The molecule has 136 valence electrons. The van der Waals surface area contributed by atoms with E-state index in [2.05, 4.69) is 25.2 Å². The average Bonchev–Trinajstić information content (AvgIpc) is 2.62. The second-order valence-corrected chi connectivity index (χ2v) is 6.88. The number of unbranched alkanes of at least 4 members (excludes halogenated alkanes) is 1. The van der Waals surface area contributed by atoms with Crippen LogP contribution in [0, 0.1) is 17.2 Å². The van der Waals surface area contributed by atoms with Gasteiger partial charge in [-0.3, -0.25) is 4.79 Å². The smallest absolute Gasteiger partial charge is 0.256 e. The molecule has 1 N–H and O–H groups in total. The number of hydrogen-bond donors (Lipinski definition) is 1. The number of carbonyl (C=O) groups is 1. The third kappa shape index (κ3) is 4.73. The maximum atomic E-state index is 12.8. The van der Waals surface area contributed by atoms with Gasteiger partial charge in [0.25, 0.3) is 5.91 Å². The number of nitrogens with one attached hydrogen (secondary N) is 1. The van der Waals surface area contributed by atoms with E-state index in [9.17, 15) is 10.1 Å². The molecule has 0 aromatic heterocycles. The van der Waals surface area contributed by atoms with Crippen LogP contribution in [0.25, 0.3) is 0 Å². The van der Waals surface area contributed by atoms with Crippen LogP contribution in [0.4, 0.5) is 5.69 Å². The lowest BCUT2D eigenvalue weighted by atomic mass is 9.78. The second kappa shape index (κ2) is 8.87. The molecule has 0 heterocycles. The maximum absolute atomic E-state index is 12.8. The number of hydrogen-bond acceptors (Lipinski definition) is 4. The fraction of sp³-hybridized carbons (Fsp3) is 0.600. The van der Waals surface area contributed by atoms with Crippen LogP contribution in [0.3, 0.4) is 0 Å². The molecule has 2 atom stereocenters. The summed E-state index contributed by atoms with van der Waals surface area (Å²) >= 11 is 0. The van der Waals surface area contributed by atoms with Crippen LogP contribution in [-0.4, -0.2) is 25.2 Å². The van der Waals surface area contributed by atoms with Crippen molar-refractivity contribution in [3.05, 3.63) is 23.8 Å². The number of benzene rings is 1. The van der Waals surface area contributed by atoms with E-state index >= 15 is 0 Å². The highest BCUT2D eigenvalue weighted by molar-refractivity contribution is 5.97. The molecule has 2 rings (SSSR count). The summed E-state index contributed by atoms with van der Waals surface area (Å²) in [5, 5.41) is 12.3. The molecule has 1 saturated carbocycles. The van der Waals surface area contributed by atoms with Crippen molar-refractivity contribution in [2.45, 2.75) is 58.0 Å². The van der Waals surface area contributed by atoms with Crippen LogP contribution in [0.15, 0.2) is 18.2 Å². The summed E-state index contributed by atoms with van der Waals surface area (Å²) in [6, 6.07) is 7.32. The number of anilines is 1. The predicted octanol–water partition coefficient (Wildman–Crippen LogP) is 4.27. The van der Waals surface area contributed by atoms with Crippen molar-refractivity contribution in [3.63, 3.8) is 0 Å². The molecule has 0 bridgehead atoms. The number of amides is 1. The Morgan fingerprint density at radius 2 is 2.28 bits per heavy atom. The van der Waals surface area contributed by atoms with Gasteiger partial charge in [0.15, 0.2) is 0 Å². The number of carbonyl (C=O) groups excluding carboxylic acids is 1. The Bertz CT molecular complexity index is 638. The van der Waals surface area contributed by atoms with Crippen LogP contribution in [0.5, 0.6) is 5.75 Å². The van der Waals surface area contributed by atoms with Crippen LogP contribution in [-0.2, 0) is 9.53 Å². The third-order valence-electron chi connectivity index (χ3n) is 4.87. The molecule has 1 aliphatic carbocycles. The molecule has 1 fully saturated rings. The first-order chi connectivity index (χ1) is 12.0. The lowest BCUT2D eigenvalue weighted by Gasteiger charge is -2.37. The summed E-state index contributed by atoms with van der Waals surface area (Å²) < 4.78 is 11.3. The minimum absolute atomic E-state index is 0.134. The van der Waals surface area contributed by atoms with E-state index in [4.69, 9.17) is 9.47 Å². The molecule has 1 amide bonds. The topological polar surface area (TPSA) is 71.3 Å². The molecular formula is C20H28N2O3. The van der Waals surface area contributed by atoms with Crippen molar-refractivity contribution in [1.29, 1.82) is 5.26 Å². The quantitative estimate of drug-likeness (QED) is 0.750. The van der Waals surface area contributed by atoms with Crippen molar-refractivity contribution >= 4 is 11.6 Å². The zero-order chi connectivity index (χ0) is 18.3. The molecular weight excluding hydrogens is 316 g/mol. The minimum Gasteiger partial charge on any atom is -0.492 e. The van der Waals surface area contributed by atoms with Crippen LogP contribution < -0.4 is 10.1 Å². The van der Waals surface area contributed by atoms with Gasteiger partial charge in [0.1, 0.15) is 17.4 Å². The van der Waals surface area contributed by atoms with Gasteiger partial charge in [-0.25, -0.2) is 0 Å². The van der Waals surface area contributed by atoms with Gasteiger partial charge in [0, 0.05) is 12.8 Å². The van der Waals surface area contributed by atoms with Crippen molar-refractivity contribution < 1.29 is 14.3 Å². The van der Waals surface area contributed by atoms with Crippen molar-refractivity contribution in [2.75, 3.05) is 19.0 Å². The second-order valence-electron chi connectivity index (χ2n) is 6.88. The van der Waals surface area contributed by atoms with E-state index < -0.39 is 5.60 Å². The molecule has 5 heteroatoms. The first kappa shape index (κ1) is 19.3. The van der Waals surface area contributed by atoms with Gasteiger partial charge in [-0.05, 0) is 49.8 Å². The molecule has 25 heavy (non-hydrogen) atoms. The fourth-order valence-electron chi connectivity index (χ4n) is 3.38. The first-order valence-corrected chi connectivity index (χ1v) is 9.08. The lowest BCUT2D eigenvalue weighted by molar-refractivity contribution is -0.143. The molecule has 0 radical (unpaired) electrons. The largest absolute Gasteiger partial charge is 0.492 e. The van der Waals surface area contributed by atoms with Gasteiger partial charge in [0.05, 0.1) is 12.2 Å². The van der Waals surface area contributed by atoms with Gasteiger partial charge in [-0.15, -0.1) is 0 Å². The Morgan fingerprint density at radius 1 is 1.48 bits per heavy atom. The summed E-state index contributed by atoms with van der Waals surface area (Å²) in [6.07, 6.45) is 5.53. The van der Waals surface area contributed by atoms with Gasteiger partial charge in [-0.2, -0.15) is 5.26 Å². The van der Waals surface area contributed by atoms with E-state index in [0.717, 1.165) is 38.5 Å². The van der Waals surface area contributed by atoms with Crippen LogP contribution in [0.1, 0.15) is 57.9 Å². The summed E-state index contributed by atoms with van der Waals surface area (Å²) in [5.74, 6) is 0.884. The van der Waals surface area contributed by atoms with E-state index in [-0.39, 0.29) is 5.91 Å². The molecule has 1 aliphatic rings. The number of nitriles is 1. The van der Waals surface area contributed by atoms with Crippen molar-refractivity contribution in [2.24, 2.45) is 5.92 Å². The van der Waals surface area contributed by atoms with Gasteiger partial charge >= 0.3 is 0 Å². The molecule has 0 aliphatic heterocycles. The number of ether oxygens (including phenoxy) is 2. The Balaban J connectivity index is 2.11. The normalized spacial score (nSPS) is 22.9. The molecule has 0 spiro atoms. The van der Waals surface area contributed by atoms with Gasteiger partial charge < -0.3 is 14.8 Å². The van der Waals surface area contributed by atoms with Crippen LogP contribution >= 0.6 is 0 Å². The summed E-state index contributed by atoms with van der Waals surface area (Å²) in [6.45, 7) is 4.82. The van der Waals surface area contributed by atoms with Crippen molar-refractivity contribution in [3.8, 4) is 11.8 Å². The monoisotopic (exact) mass is 344 g/mol. The van der Waals surface area contributed by atoms with Gasteiger partial charge in [-0.1, -0.05) is 26.7 Å². The molecule has 0 saturated heterocycles. The summed E-state index contributed by atoms with van der Waals surface area (Å²) in [7, 11) is 1.60. The Labute approximate surface area is 150 Å². The molecule has 5 nitrogen and oxygen atoms in total. The molecule has 1 aromatic carbocycles. The van der Waals surface area contributed by atoms with E-state index in [0.29, 0.717) is 29.5 Å². The minimum atomic E-state index is -0.777. The van der Waals surface area contributed by atoms with Crippen LogP contribution in [0.2, 0.25) is 0 Å². The summed E-state index contributed by atoms with van der Waals surface area (Å²) in [5.41, 5.74) is 0.247. The number of nitrogens with zero attached hydrogens (tertiary/aromatic N) is 1. The maximum Gasteiger partial charge on any atom is 0.256 e. The lowest BCUT2D eigenvalue weighted by Crippen LogP contribution is -2.47. The Kier molecular flexibility index (Phi) is 6.83. The molecule has 2 unspecified atom stereocenters. The van der Waals surface area contributed by atoms with E-state index in [1.807, 2.05) is 0 Å². The van der Waals surface area contributed by atoms with Crippen molar-refractivity contribution in [1.82, 2.24) is 0 Å². The third-order valence-corrected chi connectivity index (χ3v) is 4.87. The SMILES string of the molecule is CCCCOc1ccc(NC(=O)C2(OC)CCCC(C)C2)cc1C#N. The highest BCUT2D eigenvalue weighted by Crippen LogP contribution is 2.36. The summed E-state index contributed by atoms with van der Waals surface area (Å²) in [4.78, 5) is 12.8. The first-order valence-electron chi connectivity index (χ1n) is 9.08. The number of rotatable bonds is 7. The molecule has 1 aromatic rings. The Hall–Kier alpha value is -2.06. The highest BCUT2D eigenvalue weighted by Gasteiger charge is 2.42. The zero-order valence-electron chi connectivity index (χ0n) is 15.4. The predicted molar refractivity (Wildman–Crippen MR) is 97.6 cm³/mol. The zero-order valence-corrected chi connectivity index (χ0v) is 15.4. The average molecular weight is 344 g/mol. The standard InChI is InChI=1S/C20H28N2O3/c1-4-5-11-25-18-9-8-17(12-16(18)14-21)22-19(23)20(24-3)10-6-7-15(2)13-20/h8-9,12,15H,4-7,10-11,13H2,1-3H3,(H,22,23). The Morgan fingerprint density at radius 3 is 2.92 bits per heavy atom. The van der Waals surface area contributed by atoms with E-state index in [1.54, 1.807) is 25.3 Å². The van der Waals surface area contributed by atoms with Gasteiger partial charge in [0.2, 0.25) is 0 Å². The number of methoxy groups -OCH3 is 1.